The summed E-state index contributed by atoms with van der Waals surface area (Å²) in [7, 11) is 0. The van der Waals surface area contributed by atoms with Gasteiger partial charge in [-0.15, -0.1) is 0 Å². The molecule has 0 unspecified atom stereocenters. The fourth-order valence-electron chi connectivity index (χ4n) is 2.23. The summed E-state index contributed by atoms with van der Waals surface area (Å²) in [5, 5.41) is 1.09. The van der Waals surface area contributed by atoms with E-state index >= 15 is 0 Å². The third kappa shape index (κ3) is 1.67. The first kappa shape index (κ1) is 10.0. The third-order valence-electron chi connectivity index (χ3n) is 3.07. The first-order valence-corrected chi connectivity index (χ1v) is 6.42. The summed E-state index contributed by atoms with van der Waals surface area (Å²) in [6, 6.07) is 4.93. The molecule has 0 atom stereocenters. The Morgan fingerprint density at radius 1 is 1.19 bits per heavy atom. The molecule has 2 heterocycles. The van der Waals surface area contributed by atoms with Crippen molar-refractivity contribution in [3.8, 4) is 0 Å². The van der Waals surface area contributed by atoms with E-state index in [0.717, 1.165) is 29.0 Å². The zero-order valence-corrected chi connectivity index (χ0v) is 9.76. The lowest BCUT2D eigenvalue weighted by Crippen LogP contribution is -2.29. The second-order valence-electron chi connectivity index (χ2n) is 4.19. The van der Waals surface area contributed by atoms with Gasteiger partial charge in [0.15, 0.2) is 0 Å². The summed E-state index contributed by atoms with van der Waals surface area (Å²) in [6.07, 6.45) is 3.79. The van der Waals surface area contributed by atoms with Crippen molar-refractivity contribution in [2.75, 3.05) is 18.0 Å². The van der Waals surface area contributed by atoms with Crippen LogP contribution in [-0.2, 0) is 0 Å². The van der Waals surface area contributed by atoms with Crippen LogP contribution in [0.2, 0.25) is 0 Å². The smallest absolute Gasteiger partial charge is 0.150 e. The molecule has 0 spiro atoms. The number of halogens is 1. The van der Waals surface area contributed by atoms with E-state index in [4.69, 9.17) is 0 Å². The lowest BCUT2D eigenvalue weighted by Gasteiger charge is -2.26. The Morgan fingerprint density at radius 2 is 2.00 bits per heavy atom. The van der Waals surface area contributed by atoms with Gasteiger partial charge in [0.1, 0.15) is 11.6 Å². The summed E-state index contributed by atoms with van der Waals surface area (Å²) in [5.41, 5.74) is 0. The van der Waals surface area contributed by atoms with Crippen LogP contribution in [0.4, 0.5) is 10.2 Å². The first-order chi connectivity index (χ1) is 7.84. The Hall–Kier alpha value is -1.16. The van der Waals surface area contributed by atoms with Gasteiger partial charge in [-0.2, -0.15) is 4.37 Å². The maximum Gasteiger partial charge on any atom is 0.150 e. The third-order valence-corrected chi connectivity index (χ3v) is 3.87. The standard InChI is InChI=1S/C12H13FN2S/c13-9-4-5-10-11(8-9)16-14-12(10)15-6-2-1-3-7-15/h4-5,8H,1-3,6-7H2. The SMILES string of the molecule is Fc1ccc2c(N3CCCCC3)nsc2c1. The van der Waals surface area contributed by atoms with Crippen LogP contribution in [-0.4, -0.2) is 17.5 Å². The molecule has 1 aliphatic rings. The minimum Gasteiger partial charge on any atom is -0.355 e. The molecule has 0 bridgehead atoms. The van der Waals surface area contributed by atoms with Crippen molar-refractivity contribution in [2.24, 2.45) is 0 Å². The fraction of sp³-hybridized carbons (Fsp3) is 0.417. The normalized spacial score (nSPS) is 16.9. The lowest BCUT2D eigenvalue weighted by molar-refractivity contribution is 0.576. The number of aromatic nitrogens is 1. The van der Waals surface area contributed by atoms with Crippen LogP contribution in [0.1, 0.15) is 19.3 Å². The molecule has 1 aromatic heterocycles. The van der Waals surface area contributed by atoms with Gasteiger partial charge >= 0.3 is 0 Å². The quantitative estimate of drug-likeness (QED) is 0.754. The maximum atomic E-state index is 13.1. The number of anilines is 1. The van der Waals surface area contributed by atoms with E-state index in [9.17, 15) is 4.39 Å². The van der Waals surface area contributed by atoms with E-state index < -0.39 is 0 Å². The Balaban J connectivity index is 2.03. The number of fused-ring (bicyclic) bond motifs is 1. The van der Waals surface area contributed by atoms with Crippen LogP contribution < -0.4 is 4.90 Å². The average Bonchev–Trinajstić information content (AvgIpc) is 2.73. The molecule has 1 saturated heterocycles. The molecule has 16 heavy (non-hydrogen) atoms. The number of hydrogen-bond acceptors (Lipinski definition) is 3. The van der Waals surface area contributed by atoms with Crippen molar-refractivity contribution in [1.29, 1.82) is 0 Å². The van der Waals surface area contributed by atoms with Gasteiger partial charge in [0.25, 0.3) is 0 Å². The number of piperidine rings is 1. The highest BCUT2D eigenvalue weighted by Gasteiger charge is 2.16. The first-order valence-electron chi connectivity index (χ1n) is 5.64. The van der Waals surface area contributed by atoms with Gasteiger partial charge in [0.05, 0.1) is 4.70 Å². The molecule has 0 radical (unpaired) electrons. The van der Waals surface area contributed by atoms with E-state index in [2.05, 4.69) is 9.27 Å². The van der Waals surface area contributed by atoms with Crippen LogP contribution in [0.5, 0.6) is 0 Å². The van der Waals surface area contributed by atoms with Crippen LogP contribution in [0.15, 0.2) is 18.2 Å². The van der Waals surface area contributed by atoms with Crippen molar-refractivity contribution in [2.45, 2.75) is 19.3 Å². The zero-order valence-electron chi connectivity index (χ0n) is 8.95. The highest BCUT2D eigenvalue weighted by molar-refractivity contribution is 7.13. The molecule has 0 N–H and O–H groups in total. The number of rotatable bonds is 1. The highest BCUT2D eigenvalue weighted by atomic mass is 32.1. The molecule has 4 heteroatoms. The van der Waals surface area contributed by atoms with Gasteiger partial charge < -0.3 is 4.90 Å². The second kappa shape index (κ2) is 4.01. The van der Waals surface area contributed by atoms with Gasteiger partial charge in [-0.05, 0) is 49.0 Å². The zero-order chi connectivity index (χ0) is 11.0. The van der Waals surface area contributed by atoms with Gasteiger partial charge in [0, 0.05) is 18.5 Å². The topological polar surface area (TPSA) is 16.1 Å². The predicted molar refractivity (Wildman–Crippen MR) is 65.6 cm³/mol. The van der Waals surface area contributed by atoms with Gasteiger partial charge in [-0.25, -0.2) is 4.39 Å². The van der Waals surface area contributed by atoms with Crippen molar-refractivity contribution in [3.05, 3.63) is 24.0 Å². The molecule has 3 rings (SSSR count). The molecule has 1 aliphatic heterocycles. The minimum atomic E-state index is -0.179. The van der Waals surface area contributed by atoms with Crippen molar-refractivity contribution >= 4 is 27.4 Å². The second-order valence-corrected chi connectivity index (χ2v) is 5.00. The van der Waals surface area contributed by atoms with E-state index in [1.807, 2.05) is 6.07 Å². The Morgan fingerprint density at radius 3 is 2.81 bits per heavy atom. The number of hydrogen-bond donors (Lipinski definition) is 0. The Labute approximate surface area is 97.9 Å². The van der Waals surface area contributed by atoms with Crippen molar-refractivity contribution < 1.29 is 4.39 Å². The molecule has 84 valence electrons. The molecular weight excluding hydrogens is 223 g/mol. The van der Waals surface area contributed by atoms with Gasteiger partial charge in [0.2, 0.25) is 0 Å². The molecule has 0 aliphatic carbocycles. The van der Waals surface area contributed by atoms with E-state index in [1.165, 1.54) is 36.9 Å². The maximum absolute atomic E-state index is 13.1. The molecule has 2 aromatic rings. The summed E-state index contributed by atoms with van der Waals surface area (Å²) in [5.74, 6) is 0.862. The van der Waals surface area contributed by atoms with Crippen molar-refractivity contribution in [3.63, 3.8) is 0 Å². The van der Waals surface area contributed by atoms with E-state index in [1.54, 1.807) is 6.07 Å². The van der Waals surface area contributed by atoms with Crippen LogP contribution in [0, 0.1) is 5.82 Å². The van der Waals surface area contributed by atoms with Crippen LogP contribution in [0.3, 0.4) is 0 Å². The summed E-state index contributed by atoms with van der Waals surface area (Å²) < 4.78 is 18.5. The fourth-order valence-corrected chi connectivity index (χ4v) is 3.05. The van der Waals surface area contributed by atoms with Crippen LogP contribution in [0.25, 0.3) is 10.1 Å². The molecule has 0 saturated carbocycles. The van der Waals surface area contributed by atoms with Gasteiger partial charge in [-0.1, -0.05) is 0 Å². The minimum absolute atomic E-state index is 0.179. The number of nitrogens with zero attached hydrogens (tertiary/aromatic N) is 2. The largest absolute Gasteiger partial charge is 0.355 e. The highest BCUT2D eigenvalue weighted by Crippen LogP contribution is 2.31. The monoisotopic (exact) mass is 236 g/mol. The molecule has 0 amide bonds. The lowest BCUT2D eigenvalue weighted by atomic mass is 10.1. The molecule has 1 aromatic carbocycles. The van der Waals surface area contributed by atoms with E-state index in [-0.39, 0.29) is 5.82 Å². The summed E-state index contributed by atoms with van der Waals surface area (Å²) >= 11 is 1.39. The van der Waals surface area contributed by atoms with Crippen LogP contribution >= 0.6 is 11.5 Å². The summed E-state index contributed by atoms with van der Waals surface area (Å²) in [6.45, 7) is 2.16. The Kier molecular flexibility index (Phi) is 2.52. The molecule has 2 nitrogen and oxygen atoms in total. The summed E-state index contributed by atoms with van der Waals surface area (Å²) in [4.78, 5) is 2.32. The average molecular weight is 236 g/mol. The van der Waals surface area contributed by atoms with Gasteiger partial charge in [-0.3, -0.25) is 0 Å². The van der Waals surface area contributed by atoms with E-state index in [0.29, 0.717) is 0 Å². The van der Waals surface area contributed by atoms with Crippen molar-refractivity contribution in [1.82, 2.24) is 4.37 Å². The number of benzene rings is 1. The molecule has 1 fully saturated rings. The Bertz CT molecular complexity index is 503. The predicted octanol–water partition coefficient (Wildman–Crippen LogP) is 3.43. The molecular formula is C12H13FN2S.